The minimum absolute atomic E-state index is 0.698. The van der Waals surface area contributed by atoms with Crippen molar-refractivity contribution in [3.63, 3.8) is 0 Å². The van der Waals surface area contributed by atoms with Crippen molar-refractivity contribution in [2.75, 3.05) is 0 Å². The predicted octanol–water partition coefficient (Wildman–Crippen LogP) is 1.70. The fraction of sp³-hybridized carbons (Fsp3) is 0.200. The maximum absolute atomic E-state index is 2.29. The van der Waals surface area contributed by atoms with Crippen LogP contribution in [-0.2, 0) is 0 Å². The topological polar surface area (TPSA) is 0 Å². The summed E-state index contributed by atoms with van der Waals surface area (Å²) in [5, 5.41) is 0. The average molecular weight is 352 g/mol. The molecule has 0 spiro atoms. The molecule has 0 aliphatic heterocycles. The summed E-state index contributed by atoms with van der Waals surface area (Å²) < 4.78 is 3.20. The maximum atomic E-state index is 2.29. The van der Waals surface area contributed by atoms with Crippen LogP contribution >= 0.6 is 22.7 Å². The van der Waals surface area contributed by atoms with Crippen molar-refractivity contribution in [2.45, 2.75) is 13.8 Å². The molecule has 2 aromatic heterocycles. The molecule has 0 amide bonds. The Hall–Kier alpha value is 0.439. The SMILES string of the molecule is Cc1ccc([Se][Se]c2ccc(C)s2)s1. The fourth-order valence-corrected chi connectivity index (χ4v) is 12.3. The summed E-state index contributed by atoms with van der Waals surface area (Å²) in [5.41, 5.74) is 0. The molecule has 0 aliphatic rings. The molecule has 0 atom stereocenters. The molecule has 4 heteroatoms. The Morgan fingerprint density at radius 2 is 1.21 bits per heavy atom. The number of rotatable bonds is 3. The Labute approximate surface area is 104 Å². The summed E-state index contributed by atoms with van der Waals surface area (Å²) in [5.74, 6) is 0. The van der Waals surface area contributed by atoms with E-state index < -0.39 is 0 Å². The van der Waals surface area contributed by atoms with Crippen LogP contribution < -0.4 is 7.55 Å². The van der Waals surface area contributed by atoms with Crippen molar-refractivity contribution in [2.24, 2.45) is 0 Å². The van der Waals surface area contributed by atoms with Gasteiger partial charge in [-0.25, -0.2) is 0 Å². The van der Waals surface area contributed by atoms with E-state index in [1.165, 1.54) is 9.75 Å². The molecule has 0 unspecified atom stereocenters. The first kappa shape index (κ1) is 10.9. The average Bonchev–Trinajstić information content (AvgIpc) is 2.72. The zero-order valence-corrected chi connectivity index (χ0v) is 13.0. The first-order chi connectivity index (χ1) is 6.74. The van der Waals surface area contributed by atoms with Gasteiger partial charge in [0.05, 0.1) is 0 Å². The van der Waals surface area contributed by atoms with Crippen molar-refractivity contribution < 1.29 is 0 Å². The van der Waals surface area contributed by atoms with Gasteiger partial charge in [-0.3, -0.25) is 0 Å². The molecule has 74 valence electrons. The van der Waals surface area contributed by atoms with Gasteiger partial charge in [-0.05, 0) is 0 Å². The van der Waals surface area contributed by atoms with Gasteiger partial charge in [0.2, 0.25) is 0 Å². The summed E-state index contributed by atoms with van der Waals surface area (Å²) >= 11 is 5.32. The van der Waals surface area contributed by atoms with Crippen LogP contribution in [0.3, 0.4) is 0 Å². The van der Waals surface area contributed by atoms with Gasteiger partial charge in [-0.2, -0.15) is 0 Å². The Morgan fingerprint density at radius 1 is 0.786 bits per heavy atom. The third-order valence-electron chi connectivity index (χ3n) is 1.64. The Morgan fingerprint density at radius 3 is 1.50 bits per heavy atom. The van der Waals surface area contributed by atoms with Gasteiger partial charge in [0.25, 0.3) is 0 Å². The molecule has 0 fully saturated rings. The first-order valence-corrected chi connectivity index (χ1v) is 11.9. The summed E-state index contributed by atoms with van der Waals surface area (Å²) in [4.78, 5) is 2.89. The Bertz CT molecular complexity index is 377. The fourth-order valence-electron chi connectivity index (χ4n) is 0.996. The molecule has 2 aromatic rings. The molecule has 0 saturated carbocycles. The molecule has 0 saturated heterocycles. The molecular weight excluding hydrogens is 342 g/mol. The molecule has 2 heterocycles. The minimum atomic E-state index is 0.698. The van der Waals surface area contributed by atoms with Crippen LogP contribution in [0.25, 0.3) is 0 Å². The van der Waals surface area contributed by atoms with E-state index in [4.69, 9.17) is 0 Å². The quantitative estimate of drug-likeness (QED) is 0.738. The zero-order chi connectivity index (χ0) is 9.97. The van der Waals surface area contributed by atoms with Crippen LogP contribution in [0, 0.1) is 13.8 Å². The van der Waals surface area contributed by atoms with Gasteiger partial charge in [-0.1, -0.05) is 0 Å². The van der Waals surface area contributed by atoms with Crippen molar-refractivity contribution in [1.82, 2.24) is 0 Å². The van der Waals surface area contributed by atoms with Gasteiger partial charge in [0.15, 0.2) is 0 Å². The van der Waals surface area contributed by atoms with Gasteiger partial charge in [0.1, 0.15) is 0 Å². The molecule has 0 radical (unpaired) electrons. The number of aryl methyl sites for hydroxylation is 2. The molecule has 14 heavy (non-hydrogen) atoms. The zero-order valence-electron chi connectivity index (χ0n) is 7.94. The second-order valence-electron chi connectivity index (χ2n) is 2.90. The summed E-state index contributed by atoms with van der Waals surface area (Å²) in [7, 11) is 0. The van der Waals surface area contributed by atoms with Crippen LogP contribution in [0.5, 0.6) is 0 Å². The summed E-state index contributed by atoms with van der Waals surface area (Å²) in [6, 6.07) is 9.05. The van der Waals surface area contributed by atoms with Crippen molar-refractivity contribution in [3.8, 4) is 0 Å². The van der Waals surface area contributed by atoms with E-state index in [0.29, 0.717) is 26.3 Å². The standard InChI is InChI=1S/C10H10S2Se2/c1-7-3-5-9(11-7)13-14-10-6-4-8(2)12-10/h3-6H,1-2H3. The summed E-state index contributed by atoms with van der Waals surface area (Å²) in [6.07, 6.45) is 0. The second-order valence-corrected chi connectivity index (χ2v) is 12.8. The van der Waals surface area contributed by atoms with E-state index in [-0.39, 0.29) is 0 Å². The molecule has 0 aromatic carbocycles. The van der Waals surface area contributed by atoms with E-state index in [0.717, 1.165) is 0 Å². The monoisotopic (exact) mass is 354 g/mol. The van der Waals surface area contributed by atoms with Crippen LogP contribution in [-0.4, -0.2) is 26.3 Å². The van der Waals surface area contributed by atoms with E-state index in [9.17, 15) is 0 Å². The van der Waals surface area contributed by atoms with Crippen LogP contribution in [0.15, 0.2) is 24.3 Å². The number of hydrogen-bond donors (Lipinski definition) is 0. The van der Waals surface area contributed by atoms with E-state index in [2.05, 4.69) is 38.1 Å². The second kappa shape index (κ2) is 4.98. The van der Waals surface area contributed by atoms with Crippen molar-refractivity contribution >= 4 is 56.5 Å². The number of thiophene rings is 2. The predicted molar refractivity (Wildman–Crippen MR) is 68.9 cm³/mol. The van der Waals surface area contributed by atoms with Gasteiger partial charge in [0, 0.05) is 0 Å². The van der Waals surface area contributed by atoms with E-state index in [1.54, 1.807) is 7.55 Å². The van der Waals surface area contributed by atoms with Crippen LogP contribution in [0.2, 0.25) is 0 Å². The van der Waals surface area contributed by atoms with Gasteiger partial charge < -0.3 is 0 Å². The van der Waals surface area contributed by atoms with Crippen molar-refractivity contribution in [3.05, 3.63) is 34.0 Å². The normalized spacial score (nSPS) is 10.7. The Kier molecular flexibility index (Phi) is 3.89. The van der Waals surface area contributed by atoms with Gasteiger partial charge >= 0.3 is 104 Å². The van der Waals surface area contributed by atoms with E-state index in [1.807, 2.05) is 22.7 Å². The Balaban J connectivity index is 1.94. The van der Waals surface area contributed by atoms with Crippen molar-refractivity contribution in [1.29, 1.82) is 0 Å². The molecule has 0 aliphatic carbocycles. The van der Waals surface area contributed by atoms with Crippen LogP contribution in [0.1, 0.15) is 9.75 Å². The third kappa shape index (κ3) is 2.96. The molecule has 0 N–H and O–H groups in total. The molecule has 0 bridgehead atoms. The molecule has 0 nitrogen and oxygen atoms in total. The summed E-state index contributed by atoms with van der Waals surface area (Å²) in [6.45, 7) is 4.37. The number of hydrogen-bond acceptors (Lipinski definition) is 2. The first-order valence-electron chi connectivity index (χ1n) is 4.21. The molecule has 2 rings (SSSR count). The van der Waals surface area contributed by atoms with Crippen LogP contribution in [0.4, 0.5) is 0 Å². The molecular formula is C10H10S2Se2. The van der Waals surface area contributed by atoms with E-state index >= 15 is 0 Å². The van der Waals surface area contributed by atoms with Gasteiger partial charge in [-0.15, -0.1) is 0 Å². The third-order valence-corrected chi connectivity index (χ3v) is 13.9.